The number of hydrogen-bond acceptors (Lipinski definition) is 3. The molecule has 1 aromatic rings. The van der Waals surface area contributed by atoms with Crippen molar-refractivity contribution >= 4 is 5.91 Å². The van der Waals surface area contributed by atoms with Crippen molar-refractivity contribution in [3.8, 4) is 0 Å². The lowest BCUT2D eigenvalue weighted by Crippen LogP contribution is -2.36. The highest BCUT2D eigenvalue weighted by atomic mass is 16.2. The zero-order valence-electron chi connectivity index (χ0n) is 13.2. The Morgan fingerprint density at radius 1 is 1.43 bits per heavy atom. The molecule has 0 bridgehead atoms. The Morgan fingerprint density at radius 3 is 2.86 bits per heavy atom. The maximum absolute atomic E-state index is 12.1. The molecule has 1 unspecified atom stereocenters. The topological polar surface area (TPSA) is 54.3 Å². The fraction of sp³-hybridized carbons (Fsp3) is 0.625. The van der Waals surface area contributed by atoms with Crippen LogP contribution in [0.2, 0.25) is 0 Å². The van der Waals surface area contributed by atoms with Gasteiger partial charge in [-0.1, -0.05) is 13.0 Å². The normalized spacial score (nSPS) is 17.4. The minimum Gasteiger partial charge on any atom is -0.347 e. The first-order valence-electron chi connectivity index (χ1n) is 7.70. The van der Waals surface area contributed by atoms with E-state index < -0.39 is 0 Å². The van der Waals surface area contributed by atoms with Crippen LogP contribution < -0.4 is 10.9 Å². The molecule has 0 aliphatic heterocycles. The maximum atomic E-state index is 12.1. The van der Waals surface area contributed by atoms with Gasteiger partial charge >= 0.3 is 0 Å². The lowest BCUT2D eigenvalue weighted by Gasteiger charge is -2.28. The quantitative estimate of drug-likeness (QED) is 0.890. The molecule has 1 heterocycles. The largest absolute Gasteiger partial charge is 0.347 e. The van der Waals surface area contributed by atoms with Crippen molar-refractivity contribution in [2.75, 3.05) is 20.6 Å². The third-order valence-electron chi connectivity index (χ3n) is 4.05. The maximum Gasteiger partial charge on any atom is 0.251 e. The predicted octanol–water partition coefficient (Wildman–Crippen LogP) is 1.31. The molecular weight excluding hydrogens is 266 g/mol. The Balaban J connectivity index is 2.34. The summed E-state index contributed by atoms with van der Waals surface area (Å²) in [4.78, 5) is 25.6. The molecule has 5 heteroatoms. The Kier molecular flexibility index (Phi) is 5.17. The van der Waals surface area contributed by atoms with Gasteiger partial charge in [-0.3, -0.25) is 9.59 Å². The van der Waals surface area contributed by atoms with E-state index in [-0.39, 0.29) is 18.0 Å². The first-order chi connectivity index (χ1) is 10.0. The van der Waals surface area contributed by atoms with E-state index in [1.54, 1.807) is 24.7 Å². The molecule has 21 heavy (non-hydrogen) atoms. The van der Waals surface area contributed by atoms with Crippen LogP contribution in [0.15, 0.2) is 16.9 Å². The molecule has 116 valence electrons. The number of nitrogens with one attached hydrogen (secondary N) is 1. The average molecular weight is 291 g/mol. The van der Waals surface area contributed by atoms with Gasteiger partial charge in [-0.15, -0.1) is 0 Å². The summed E-state index contributed by atoms with van der Waals surface area (Å²) < 4.78 is 1.65. The van der Waals surface area contributed by atoms with Crippen molar-refractivity contribution in [2.24, 2.45) is 0 Å². The van der Waals surface area contributed by atoms with Crippen LogP contribution in [0.3, 0.4) is 0 Å². The van der Waals surface area contributed by atoms with Gasteiger partial charge in [0.2, 0.25) is 5.91 Å². The number of likely N-dealkylation sites (N-methyl/N-ethyl adjacent to an activating group) is 1. The van der Waals surface area contributed by atoms with E-state index in [1.165, 1.54) is 10.5 Å². The summed E-state index contributed by atoms with van der Waals surface area (Å²) in [5, 5.41) is 3.54. The van der Waals surface area contributed by atoms with Crippen molar-refractivity contribution in [1.82, 2.24) is 14.8 Å². The molecule has 1 aliphatic carbocycles. The smallest absolute Gasteiger partial charge is 0.251 e. The lowest BCUT2D eigenvalue weighted by molar-refractivity contribution is -0.129. The SMILES string of the molecule is CCCNC1CCCc2c1ccc(=O)n2CC(=O)N(C)C. The van der Waals surface area contributed by atoms with Gasteiger partial charge in [0, 0.05) is 31.9 Å². The number of carbonyl (C=O) groups is 1. The van der Waals surface area contributed by atoms with E-state index in [4.69, 9.17) is 0 Å². The molecule has 0 fully saturated rings. The standard InChI is InChI=1S/C16H25N3O2/c1-4-10-17-13-6-5-7-14-12(13)8-9-15(20)19(14)11-16(21)18(2)3/h8-9,13,17H,4-7,10-11H2,1-3H3. The van der Waals surface area contributed by atoms with Gasteiger partial charge in [-0.2, -0.15) is 0 Å². The Bertz CT molecular complexity index is 563. The number of amides is 1. The lowest BCUT2D eigenvalue weighted by atomic mass is 9.90. The number of aromatic nitrogens is 1. The predicted molar refractivity (Wildman–Crippen MR) is 83.4 cm³/mol. The van der Waals surface area contributed by atoms with Gasteiger partial charge in [-0.25, -0.2) is 0 Å². The molecule has 1 amide bonds. The van der Waals surface area contributed by atoms with Gasteiger partial charge in [-0.05, 0) is 37.8 Å². The van der Waals surface area contributed by atoms with E-state index >= 15 is 0 Å². The van der Waals surface area contributed by atoms with Gasteiger partial charge in [0.25, 0.3) is 5.56 Å². The van der Waals surface area contributed by atoms with E-state index in [2.05, 4.69) is 12.2 Å². The molecule has 5 nitrogen and oxygen atoms in total. The summed E-state index contributed by atoms with van der Waals surface area (Å²) in [5.41, 5.74) is 2.12. The summed E-state index contributed by atoms with van der Waals surface area (Å²) in [7, 11) is 3.43. The second-order valence-electron chi connectivity index (χ2n) is 5.85. The summed E-state index contributed by atoms with van der Waals surface area (Å²) in [6, 6.07) is 3.82. The molecule has 0 spiro atoms. The molecule has 1 aromatic heterocycles. The zero-order chi connectivity index (χ0) is 15.4. The second-order valence-corrected chi connectivity index (χ2v) is 5.85. The monoisotopic (exact) mass is 291 g/mol. The summed E-state index contributed by atoms with van der Waals surface area (Å²) in [5.74, 6) is -0.0471. The molecule has 0 radical (unpaired) electrons. The molecule has 1 atom stereocenters. The fourth-order valence-corrected chi connectivity index (χ4v) is 2.84. The van der Waals surface area contributed by atoms with E-state index in [1.807, 2.05) is 6.07 Å². The van der Waals surface area contributed by atoms with Crippen molar-refractivity contribution < 1.29 is 4.79 Å². The molecular formula is C16H25N3O2. The van der Waals surface area contributed by atoms with Crippen molar-refractivity contribution in [3.05, 3.63) is 33.7 Å². The first-order valence-corrected chi connectivity index (χ1v) is 7.70. The van der Waals surface area contributed by atoms with Gasteiger partial charge in [0.15, 0.2) is 0 Å². The van der Waals surface area contributed by atoms with E-state index in [0.717, 1.165) is 37.9 Å². The van der Waals surface area contributed by atoms with Crippen LogP contribution in [0, 0.1) is 0 Å². The number of pyridine rings is 1. The Morgan fingerprint density at radius 2 is 2.19 bits per heavy atom. The number of rotatable bonds is 5. The molecule has 1 N–H and O–H groups in total. The minimum atomic E-state index is -0.0832. The van der Waals surface area contributed by atoms with Crippen LogP contribution in [0.25, 0.3) is 0 Å². The Labute approximate surface area is 126 Å². The molecule has 0 aromatic carbocycles. The van der Waals surface area contributed by atoms with Crippen molar-refractivity contribution in [1.29, 1.82) is 0 Å². The third-order valence-corrected chi connectivity index (χ3v) is 4.05. The molecule has 1 aliphatic rings. The summed E-state index contributed by atoms with van der Waals surface area (Å²) in [6.45, 7) is 3.25. The van der Waals surface area contributed by atoms with Gasteiger partial charge < -0.3 is 14.8 Å². The van der Waals surface area contributed by atoms with Gasteiger partial charge in [0.1, 0.15) is 6.54 Å². The van der Waals surface area contributed by atoms with Crippen LogP contribution in [0.5, 0.6) is 0 Å². The number of nitrogens with zero attached hydrogens (tertiary/aromatic N) is 2. The van der Waals surface area contributed by atoms with Crippen molar-refractivity contribution in [3.63, 3.8) is 0 Å². The molecule has 0 saturated heterocycles. The van der Waals surface area contributed by atoms with Crippen LogP contribution in [0.4, 0.5) is 0 Å². The average Bonchev–Trinajstić information content (AvgIpc) is 2.47. The number of fused-ring (bicyclic) bond motifs is 1. The second kappa shape index (κ2) is 6.89. The third kappa shape index (κ3) is 3.53. The van der Waals surface area contributed by atoms with Crippen molar-refractivity contribution in [2.45, 2.75) is 45.2 Å². The summed E-state index contributed by atoms with van der Waals surface area (Å²) >= 11 is 0. The highest BCUT2D eigenvalue weighted by Gasteiger charge is 2.23. The Hall–Kier alpha value is -1.62. The molecule has 0 saturated carbocycles. The zero-order valence-corrected chi connectivity index (χ0v) is 13.2. The van der Waals surface area contributed by atoms with Gasteiger partial charge in [0.05, 0.1) is 0 Å². The fourth-order valence-electron chi connectivity index (χ4n) is 2.84. The first kappa shape index (κ1) is 15.8. The highest BCUT2D eigenvalue weighted by Crippen LogP contribution is 2.28. The van der Waals surface area contributed by atoms with Crippen LogP contribution >= 0.6 is 0 Å². The molecule has 2 rings (SSSR count). The minimum absolute atomic E-state index is 0.0471. The van der Waals surface area contributed by atoms with Crippen LogP contribution in [0.1, 0.15) is 43.5 Å². The number of hydrogen-bond donors (Lipinski definition) is 1. The van der Waals surface area contributed by atoms with Crippen LogP contribution in [-0.4, -0.2) is 36.0 Å². The number of carbonyl (C=O) groups excluding carboxylic acids is 1. The highest BCUT2D eigenvalue weighted by molar-refractivity contribution is 5.75. The van der Waals surface area contributed by atoms with Crippen LogP contribution in [-0.2, 0) is 17.8 Å². The van der Waals surface area contributed by atoms with E-state index in [9.17, 15) is 9.59 Å². The van der Waals surface area contributed by atoms with E-state index in [0.29, 0.717) is 6.04 Å². The summed E-state index contributed by atoms with van der Waals surface area (Å²) in [6.07, 6.45) is 4.10.